The van der Waals surface area contributed by atoms with E-state index in [0.29, 0.717) is 0 Å². The van der Waals surface area contributed by atoms with Gasteiger partial charge < -0.3 is 10.1 Å². The Morgan fingerprint density at radius 1 is 1.36 bits per heavy atom. The van der Waals surface area contributed by atoms with Crippen molar-refractivity contribution in [3.05, 3.63) is 0 Å². The van der Waals surface area contributed by atoms with Gasteiger partial charge in [-0.2, -0.15) is 13.2 Å². The van der Waals surface area contributed by atoms with Crippen LogP contribution in [0.2, 0.25) is 0 Å². The standard InChI is InChI=1S/C7H10F3NO3/c1-4(2)14-5(12)3-11-6(13)7(8,9)10/h4H,3H2,1-2H3,(H,11,13). The highest BCUT2D eigenvalue weighted by molar-refractivity contribution is 5.85. The number of amides is 1. The second kappa shape index (κ2) is 4.83. The molecule has 82 valence electrons. The van der Waals surface area contributed by atoms with Crippen LogP contribution in [0.15, 0.2) is 0 Å². The first kappa shape index (κ1) is 12.7. The predicted molar refractivity (Wildman–Crippen MR) is 40.3 cm³/mol. The molecule has 0 bridgehead atoms. The minimum atomic E-state index is -4.97. The van der Waals surface area contributed by atoms with E-state index in [9.17, 15) is 22.8 Å². The van der Waals surface area contributed by atoms with E-state index in [1.807, 2.05) is 0 Å². The summed E-state index contributed by atoms with van der Waals surface area (Å²) in [6, 6.07) is 0. The molecule has 4 nitrogen and oxygen atoms in total. The maximum Gasteiger partial charge on any atom is 0.471 e. The summed E-state index contributed by atoms with van der Waals surface area (Å²) in [6.45, 7) is 2.31. The molecular weight excluding hydrogens is 203 g/mol. The van der Waals surface area contributed by atoms with Crippen molar-refractivity contribution in [2.75, 3.05) is 6.54 Å². The van der Waals surface area contributed by atoms with E-state index in [-0.39, 0.29) is 0 Å². The number of alkyl halides is 3. The van der Waals surface area contributed by atoms with Crippen LogP contribution in [0.5, 0.6) is 0 Å². The van der Waals surface area contributed by atoms with Crippen molar-refractivity contribution in [3.8, 4) is 0 Å². The molecule has 14 heavy (non-hydrogen) atoms. The zero-order valence-electron chi connectivity index (χ0n) is 7.64. The van der Waals surface area contributed by atoms with E-state index in [0.717, 1.165) is 0 Å². The fraction of sp³-hybridized carbons (Fsp3) is 0.714. The minimum absolute atomic E-state index is 0.426. The Kier molecular flexibility index (Phi) is 4.39. The van der Waals surface area contributed by atoms with Crippen molar-refractivity contribution in [3.63, 3.8) is 0 Å². The molecule has 0 atom stereocenters. The third-order valence-corrected chi connectivity index (χ3v) is 1.02. The summed E-state index contributed by atoms with van der Waals surface area (Å²) in [4.78, 5) is 20.9. The summed E-state index contributed by atoms with van der Waals surface area (Å²) in [5, 5.41) is 1.39. The zero-order valence-corrected chi connectivity index (χ0v) is 7.64. The SMILES string of the molecule is CC(C)OC(=O)CNC(=O)C(F)(F)F. The van der Waals surface area contributed by atoms with Gasteiger partial charge >= 0.3 is 18.1 Å². The molecule has 0 fully saturated rings. The normalized spacial score (nSPS) is 11.3. The number of carbonyl (C=O) groups excluding carboxylic acids is 2. The molecule has 1 amide bonds. The molecule has 0 heterocycles. The average molecular weight is 213 g/mol. The Morgan fingerprint density at radius 2 is 1.86 bits per heavy atom. The van der Waals surface area contributed by atoms with Crippen molar-refractivity contribution in [2.24, 2.45) is 0 Å². The van der Waals surface area contributed by atoms with E-state index < -0.39 is 30.7 Å². The Labute approximate surface area is 78.4 Å². The van der Waals surface area contributed by atoms with Gasteiger partial charge in [0, 0.05) is 0 Å². The molecule has 0 aliphatic heterocycles. The van der Waals surface area contributed by atoms with Gasteiger partial charge in [-0.1, -0.05) is 0 Å². The van der Waals surface area contributed by atoms with E-state index in [1.54, 1.807) is 13.8 Å². The van der Waals surface area contributed by atoms with Crippen LogP contribution in [0.25, 0.3) is 0 Å². The van der Waals surface area contributed by atoms with Gasteiger partial charge in [0.25, 0.3) is 0 Å². The fourth-order valence-electron chi connectivity index (χ4n) is 0.557. The molecule has 0 rings (SSSR count). The summed E-state index contributed by atoms with van der Waals surface area (Å²) in [6.07, 6.45) is -5.40. The van der Waals surface area contributed by atoms with Crippen molar-refractivity contribution < 1.29 is 27.5 Å². The second-order valence-electron chi connectivity index (χ2n) is 2.72. The first-order chi connectivity index (χ1) is 6.23. The third-order valence-electron chi connectivity index (χ3n) is 1.02. The molecule has 0 saturated heterocycles. The maximum absolute atomic E-state index is 11.6. The average Bonchev–Trinajstić information content (AvgIpc) is 1.96. The van der Waals surface area contributed by atoms with Crippen LogP contribution in [-0.4, -0.2) is 30.7 Å². The van der Waals surface area contributed by atoms with Gasteiger partial charge in [0.15, 0.2) is 0 Å². The van der Waals surface area contributed by atoms with E-state index in [1.165, 1.54) is 5.32 Å². The highest BCUT2D eigenvalue weighted by Gasteiger charge is 2.38. The molecule has 7 heteroatoms. The lowest BCUT2D eigenvalue weighted by Crippen LogP contribution is -2.40. The van der Waals surface area contributed by atoms with Crippen LogP contribution in [-0.2, 0) is 14.3 Å². The summed E-state index contributed by atoms with van der Waals surface area (Å²) in [7, 11) is 0. The molecule has 0 unspecified atom stereocenters. The summed E-state index contributed by atoms with van der Waals surface area (Å²) in [5.41, 5.74) is 0. The van der Waals surface area contributed by atoms with Gasteiger partial charge in [-0.25, -0.2) is 0 Å². The number of carbonyl (C=O) groups is 2. The second-order valence-corrected chi connectivity index (χ2v) is 2.72. The number of hydrogen-bond acceptors (Lipinski definition) is 3. The number of hydrogen-bond donors (Lipinski definition) is 1. The highest BCUT2D eigenvalue weighted by Crippen LogP contribution is 2.13. The Hall–Kier alpha value is -1.27. The molecule has 0 aromatic heterocycles. The summed E-state index contributed by atoms with van der Waals surface area (Å²) >= 11 is 0. The molecule has 0 spiro atoms. The molecular formula is C7H10F3NO3. The molecule has 0 aliphatic carbocycles. The van der Waals surface area contributed by atoms with Crippen molar-refractivity contribution in [2.45, 2.75) is 26.1 Å². The topological polar surface area (TPSA) is 55.4 Å². The van der Waals surface area contributed by atoms with Gasteiger partial charge in [0.1, 0.15) is 6.54 Å². The number of rotatable bonds is 3. The monoisotopic (exact) mass is 213 g/mol. The predicted octanol–water partition coefficient (Wildman–Crippen LogP) is 0.616. The van der Waals surface area contributed by atoms with E-state index in [2.05, 4.69) is 4.74 Å². The number of esters is 1. The first-order valence-electron chi connectivity index (χ1n) is 3.78. The van der Waals surface area contributed by atoms with Gasteiger partial charge in [0.05, 0.1) is 6.10 Å². The molecule has 0 aromatic carbocycles. The van der Waals surface area contributed by atoms with Crippen LogP contribution in [0.3, 0.4) is 0 Å². The number of halogens is 3. The lowest BCUT2D eigenvalue weighted by molar-refractivity contribution is -0.174. The van der Waals surface area contributed by atoms with Crippen LogP contribution in [0.1, 0.15) is 13.8 Å². The Balaban J connectivity index is 3.84. The van der Waals surface area contributed by atoms with Crippen molar-refractivity contribution in [1.29, 1.82) is 0 Å². The fourth-order valence-corrected chi connectivity index (χ4v) is 0.557. The number of nitrogens with one attached hydrogen (secondary N) is 1. The third kappa shape index (κ3) is 5.39. The summed E-state index contributed by atoms with van der Waals surface area (Å²) < 4.78 is 39.3. The van der Waals surface area contributed by atoms with Crippen LogP contribution < -0.4 is 5.32 Å². The van der Waals surface area contributed by atoms with Crippen molar-refractivity contribution in [1.82, 2.24) is 5.32 Å². The Bertz CT molecular complexity index is 225. The van der Waals surface area contributed by atoms with E-state index in [4.69, 9.17) is 0 Å². The molecule has 0 saturated carbocycles. The van der Waals surface area contributed by atoms with Crippen LogP contribution in [0.4, 0.5) is 13.2 Å². The number of ether oxygens (including phenoxy) is 1. The first-order valence-corrected chi connectivity index (χ1v) is 3.78. The Morgan fingerprint density at radius 3 is 2.21 bits per heavy atom. The lowest BCUT2D eigenvalue weighted by Gasteiger charge is -2.09. The van der Waals surface area contributed by atoms with Crippen LogP contribution in [0, 0.1) is 0 Å². The van der Waals surface area contributed by atoms with E-state index >= 15 is 0 Å². The highest BCUT2D eigenvalue weighted by atomic mass is 19.4. The summed E-state index contributed by atoms with van der Waals surface area (Å²) in [5.74, 6) is -3.06. The lowest BCUT2D eigenvalue weighted by atomic mass is 10.5. The van der Waals surface area contributed by atoms with Gasteiger partial charge in [-0.3, -0.25) is 9.59 Å². The van der Waals surface area contributed by atoms with Gasteiger partial charge in [-0.15, -0.1) is 0 Å². The largest absolute Gasteiger partial charge is 0.471 e. The zero-order chi connectivity index (χ0) is 11.4. The van der Waals surface area contributed by atoms with Crippen molar-refractivity contribution >= 4 is 11.9 Å². The smallest absolute Gasteiger partial charge is 0.462 e. The quantitative estimate of drug-likeness (QED) is 0.699. The van der Waals surface area contributed by atoms with Crippen LogP contribution >= 0.6 is 0 Å². The molecule has 0 radical (unpaired) electrons. The van der Waals surface area contributed by atoms with Gasteiger partial charge in [-0.05, 0) is 13.8 Å². The minimum Gasteiger partial charge on any atom is -0.462 e. The maximum atomic E-state index is 11.6. The van der Waals surface area contributed by atoms with Gasteiger partial charge in [0.2, 0.25) is 0 Å². The molecule has 0 aromatic rings. The molecule has 0 aliphatic rings. The molecule has 1 N–H and O–H groups in total.